The number of nitriles is 1. The van der Waals surface area contributed by atoms with E-state index in [2.05, 4.69) is 40.6 Å². The number of nitrogens with one attached hydrogen (secondary N) is 1. The van der Waals surface area contributed by atoms with E-state index in [1.807, 2.05) is 42.8 Å². The van der Waals surface area contributed by atoms with Crippen molar-refractivity contribution in [3.63, 3.8) is 0 Å². The Morgan fingerprint density at radius 1 is 1.31 bits per heavy atom. The SMILES string of the molecule is CCCCc1nnc(NC(=O)C(C#N)=Cc2cccn2-c2cc(C)ccc2C)s1. The summed E-state index contributed by atoms with van der Waals surface area (Å²) >= 11 is 1.34. The lowest BCUT2D eigenvalue weighted by Crippen LogP contribution is -2.13. The van der Waals surface area contributed by atoms with Crippen molar-refractivity contribution < 1.29 is 4.79 Å². The summed E-state index contributed by atoms with van der Waals surface area (Å²) in [5.74, 6) is -0.487. The fourth-order valence-corrected chi connectivity index (χ4v) is 3.68. The van der Waals surface area contributed by atoms with Gasteiger partial charge in [0.25, 0.3) is 5.91 Å². The highest BCUT2D eigenvalue weighted by Crippen LogP contribution is 2.22. The molecule has 2 heterocycles. The first kappa shape index (κ1) is 20.5. The molecule has 1 amide bonds. The van der Waals surface area contributed by atoms with E-state index >= 15 is 0 Å². The van der Waals surface area contributed by atoms with Gasteiger partial charge in [-0.15, -0.1) is 10.2 Å². The number of anilines is 1. The van der Waals surface area contributed by atoms with E-state index < -0.39 is 5.91 Å². The van der Waals surface area contributed by atoms with E-state index in [0.29, 0.717) is 5.13 Å². The molecule has 0 aliphatic rings. The summed E-state index contributed by atoms with van der Waals surface area (Å²) in [7, 11) is 0. The number of aromatic nitrogens is 3. The molecule has 0 radical (unpaired) electrons. The molecular weight excluding hydrogens is 382 g/mol. The Balaban J connectivity index is 1.83. The normalized spacial score (nSPS) is 11.3. The molecule has 0 aliphatic carbocycles. The molecule has 3 rings (SSSR count). The number of carbonyl (C=O) groups is 1. The van der Waals surface area contributed by atoms with Gasteiger partial charge in [0.1, 0.15) is 16.6 Å². The second kappa shape index (κ2) is 9.30. The number of hydrogen-bond donors (Lipinski definition) is 1. The molecular formula is C22H23N5OS. The lowest BCUT2D eigenvalue weighted by atomic mass is 10.1. The molecule has 0 aliphatic heterocycles. The molecule has 3 aromatic rings. The van der Waals surface area contributed by atoms with Crippen LogP contribution in [0.3, 0.4) is 0 Å². The van der Waals surface area contributed by atoms with Crippen LogP contribution in [0.1, 0.15) is 41.6 Å². The lowest BCUT2D eigenvalue weighted by molar-refractivity contribution is -0.112. The number of benzene rings is 1. The van der Waals surface area contributed by atoms with Crippen molar-refractivity contribution in [3.8, 4) is 11.8 Å². The summed E-state index contributed by atoms with van der Waals surface area (Å²) in [6.45, 7) is 6.18. The molecule has 1 aromatic carbocycles. The monoisotopic (exact) mass is 405 g/mol. The van der Waals surface area contributed by atoms with Gasteiger partial charge in [0.2, 0.25) is 5.13 Å². The molecule has 0 saturated heterocycles. The first-order chi connectivity index (χ1) is 14.0. The van der Waals surface area contributed by atoms with Gasteiger partial charge in [0.15, 0.2) is 0 Å². The Bertz CT molecular complexity index is 1090. The standard InChI is InChI=1S/C22H23N5OS/c1-4-5-8-20-25-26-22(29-20)24-21(28)17(14-23)13-18-7-6-11-27(18)19-12-15(2)9-10-16(19)3/h6-7,9-13H,4-5,8H2,1-3H3,(H,24,26,28). The van der Waals surface area contributed by atoms with Gasteiger partial charge in [0, 0.05) is 24.0 Å². The minimum atomic E-state index is -0.487. The van der Waals surface area contributed by atoms with Crippen LogP contribution in [0.25, 0.3) is 11.8 Å². The van der Waals surface area contributed by atoms with E-state index in [1.165, 1.54) is 11.3 Å². The van der Waals surface area contributed by atoms with Crippen molar-refractivity contribution in [2.75, 3.05) is 5.32 Å². The lowest BCUT2D eigenvalue weighted by Gasteiger charge is -2.11. The summed E-state index contributed by atoms with van der Waals surface area (Å²) in [4.78, 5) is 12.6. The highest BCUT2D eigenvalue weighted by molar-refractivity contribution is 7.15. The maximum absolute atomic E-state index is 12.6. The van der Waals surface area contributed by atoms with Crippen LogP contribution in [0.15, 0.2) is 42.1 Å². The zero-order chi connectivity index (χ0) is 20.8. The van der Waals surface area contributed by atoms with Crippen LogP contribution in [0.5, 0.6) is 0 Å². The van der Waals surface area contributed by atoms with Crippen molar-refractivity contribution >= 4 is 28.5 Å². The van der Waals surface area contributed by atoms with E-state index in [9.17, 15) is 10.1 Å². The van der Waals surface area contributed by atoms with Gasteiger partial charge in [-0.1, -0.05) is 36.8 Å². The molecule has 0 spiro atoms. The summed E-state index contributed by atoms with van der Waals surface area (Å²) in [6, 6.07) is 12.0. The minimum Gasteiger partial charge on any atom is -0.317 e. The molecule has 2 aromatic heterocycles. The predicted molar refractivity (Wildman–Crippen MR) is 116 cm³/mol. The van der Waals surface area contributed by atoms with Crippen molar-refractivity contribution in [2.45, 2.75) is 40.0 Å². The third kappa shape index (κ3) is 4.98. The Kier molecular flexibility index (Phi) is 6.57. The number of rotatable bonds is 7. The van der Waals surface area contributed by atoms with Gasteiger partial charge < -0.3 is 4.57 Å². The molecule has 0 atom stereocenters. The van der Waals surface area contributed by atoms with Crippen LogP contribution in [0.2, 0.25) is 0 Å². The second-order valence-corrected chi connectivity index (χ2v) is 7.88. The molecule has 29 heavy (non-hydrogen) atoms. The van der Waals surface area contributed by atoms with Crippen molar-refractivity contribution in [1.29, 1.82) is 5.26 Å². The van der Waals surface area contributed by atoms with E-state index in [4.69, 9.17) is 0 Å². The van der Waals surface area contributed by atoms with Crippen molar-refractivity contribution in [2.24, 2.45) is 0 Å². The number of carbonyl (C=O) groups excluding carboxylic acids is 1. The smallest absolute Gasteiger partial charge is 0.268 e. The van der Waals surface area contributed by atoms with Crippen molar-refractivity contribution in [1.82, 2.24) is 14.8 Å². The molecule has 1 N–H and O–H groups in total. The average molecular weight is 406 g/mol. The van der Waals surface area contributed by atoms with E-state index in [1.54, 1.807) is 6.08 Å². The van der Waals surface area contributed by atoms with Gasteiger partial charge in [0.05, 0.1) is 0 Å². The predicted octanol–water partition coefficient (Wildman–Crippen LogP) is 4.83. The van der Waals surface area contributed by atoms with Gasteiger partial charge in [-0.2, -0.15) is 5.26 Å². The third-order valence-corrected chi connectivity index (χ3v) is 5.39. The van der Waals surface area contributed by atoms with Crippen LogP contribution < -0.4 is 5.32 Å². The van der Waals surface area contributed by atoms with Gasteiger partial charge in [-0.25, -0.2) is 0 Å². The zero-order valence-corrected chi connectivity index (χ0v) is 17.6. The van der Waals surface area contributed by atoms with E-state index in [-0.39, 0.29) is 5.57 Å². The average Bonchev–Trinajstić information content (AvgIpc) is 3.35. The molecule has 7 heteroatoms. The largest absolute Gasteiger partial charge is 0.317 e. The van der Waals surface area contributed by atoms with Gasteiger partial charge >= 0.3 is 0 Å². The van der Waals surface area contributed by atoms with Crippen LogP contribution >= 0.6 is 11.3 Å². The van der Waals surface area contributed by atoms with Gasteiger partial charge in [-0.05, 0) is 55.7 Å². The highest BCUT2D eigenvalue weighted by Gasteiger charge is 2.14. The fraction of sp³-hybridized carbons (Fsp3) is 0.273. The summed E-state index contributed by atoms with van der Waals surface area (Å²) in [6.07, 6.45) is 6.46. The molecule has 0 saturated carbocycles. The summed E-state index contributed by atoms with van der Waals surface area (Å²) in [5, 5.41) is 21.6. The fourth-order valence-electron chi connectivity index (χ4n) is 2.90. The van der Waals surface area contributed by atoms with Crippen molar-refractivity contribution in [3.05, 3.63) is 63.9 Å². The maximum Gasteiger partial charge on any atom is 0.268 e. The molecule has 0 unspecified atom stereocenters. The zero-order valence-electron chi connectivity index (χ0n) is 16.8. The second-order valence-electron chi connectivity index (χ2n) is 6.82. The maximum atomic E-state index is 12.6. The van der Waals surface area contributed by atoms with Gasteiger partial charge in [-0.3, -0.25) is 10.1 Å². The Labute approximate surface area is 174 Å². The number of nitrogens with zero attached hydrogens (tertiary/aromatic N) is 4. The quantitative estimate of drug-likeness (QED) is 0.450. The first-order valence-electron chi connectivity index (χ1n) is 9.52. The summed E-state index contributed by atoms with van der Waals surface area (Å²) in [5.41, 5.74) is 4.04. The number of unbranched alkanes of at least 4 members (excludes halogenated alkanes) is 1. The Hall–Kier alpha value is -3.24. The Morgan fingerprint density at radius 2 is 2.14 bits per heavy atom. The number of hydrogen-bond acceptors (Lipinski definition) is 5. The van der Waals surface area contributed by atoms with Crippen LogP contribution in [0.4, 0.5) is 5.13 Å². The molecule has 0 bridgehead atoms. The topological polar surface area (TPSA) is 83.6 Å². The van der Waals surface area contributed by atoms with Crippen LogP contribution in [-0.4, -0.2) is 20.7 Å². The van der Waals surface area contributed by atoms with E-state index in [0.717, 1.165) is 46.8 Å². The highest BCUT2D eigenvalue weighted by atomic mass is 32.1. The van der Waals surface area contributed by atoms with Crippen LogP contribution in [0, 0.1) is 25.2 Å². The third-order valence-electron chi connectivity index (χ3n) is 4.49. The number of aryl methyl sites for hydroxylation is 3. The number of amides is 1. The molecule has 148 valence electrons. The van der Waals surface area contributed by atoms with Crippen LogP contribution in [-0.2, 0) is 11.2 Å². The minimum absolute atomic E-state index is 0.0144. The molecule has 0 fully saturated rings. The Morgan fingerprint density at radius 3 is 2.90 bits per heavy atom. The molecule has 6 nitrogen and oxygen atoms in total. The first-order valence-corrected chi connectivity index (χ1v) is 10.3. The summed E-state index contributed by atoms with van der Waals surface area (Å²) < 4.78 is 1.97.